The summed E-state index contributed by atoms with van der Waals surface area (Å²) in [6.45, 7) is 0. The molecule has 2 aromatic carbocycles. The minimum atomic E-state index is -0.0874. The predicted molar refractivity (Wildman–Crippen MR) is 98.1 cm³/mol. The van der Waals surface area contributed by atoms with E-state index in [4.69, 9.17) is 19.9 Å². The highest BCUT2D eigenvalue weighted by Crippen LogP contribution is 2.30. The first-order valence-corrected chi connectivity index (χ1v) is 7.91. The topological polar surface area (TPSA) is 78.4 Å². The van der Waals surface area contributed by atoms with Crippen LogP contribution in [0.15, 0.2) is 52.4 Å². The van der Waals surface area contributed by atoms with Crippen molar-refractivity contribution >= 4 is 11.7 Å². The molecule has 0 aliphatic carbocycles. The highest BCUT2D eigenvalue weighted by molar-refractivity contribution is 6.08. The highest BCUT2D eigenvalue weighted by atomic mass is 16.5. The molecular formula is C19H21N3O3. The van der Waals surface area contributed by atoms with Crippen LogP contribution in [0.2, 0.25) is 0 Å². The SMILES string of the molecule is COc1ccc([C@@H]2CC(c3cc(OC)cc(OC)c3)=NC(N)=N2)cc1. The van der Waals surface area contributed by atoms with Gasteiger partial charge in [-0.1, -0.05) is 12.1 Å². The average Bonchev–Trinajstić information content (AvgIpc) is 2.67. The Labute approximate surface area is 147 Å². The van der Waals surface area contributed by atoms with Crippen LogP contribution in [0, 0.1) is 0 Å². The van der Waals surface area contributed by atoms with Crippen molar-refractivity contribution in [2.45, 2.75) is 12.5 Å². The fraction of sp³-hybridized carbons (Fsp3) is 0.263. The Kier molecular flexibility index (Phi) is 4.88. The van der Waals surface area contributed by atoms with Gasteiger partial charge < -0.3 is 19.9 Å². The molecule has 1 atom stereocenters. The number of hydrogen-bond acceptors (Lipinski definition) is 6. The van der Waals surface area contributed by atoms with Gasteiger partial charge in [0.15, 0.2) is 0 Å². The molecule has 130 valence electrons. The van der Waals surface area contributed by atoms with Gasteiger partial charge in [0.1, 0.15) is 17.2 Å². The summed E-state index contributed by atoms with van der Waals surface area (Å²) in [4.78, 5) is 8.89. The van der Waals surface area contributed by atoms with E-state index >= 15 is 0 Å². The van der Waals surface area contributed by atoms with E-state index in [1.165, 1.54) is 0 Å². The Hall–Kier alpha value is -3.02. The zero-order valence-corrected chi connectivity index (χ0v) is 14.5. The van der Waals surface area contributed by atoms with Crippen LogP contribution in [0.5, 0.6) is 17.2 Å². The molecule has 2 N–H and O–H groups in total. The molecule has 0 spiro atoms. The van der Waals surface area contributed by atoms with Gasteiger partial charge in [-0.3, -0.25) is 0 Å². The van der Waals surface area contributed by atoms with Crippen LogP contribution in [0.4, 0.5) is 0 Å². The van der Waals surface area contributed by atoms with Crippen molar-refractivity contribution < 1.29 is 14.2 Å². The molecule has 6 nitrogen and oxygen atoms in total. The molecule has 0 saturated heterocycles. The molecular weight excluding hydrogens is 318 g/mol. The first-order valence-electron chi connectivity index (χ1n) is 7.91. The zero-order valence-electron chi connectivity index (χ0n) is 14.5. The largest absolute Gasteiger partial charge is 0.497 e. The molecule has 0 fully saturated rings. The van der Waals surface area contributed by atoms with Crippen molar-refractivity contribution in [3.05, 3.63) is 53.6 Å². The van der Waals surface area contributed by atoms with Crippen molar-refractivity contribution in [1.29, 1.82) is 0 Å². The third-order valence-corrected chi connectivity index (χ3v) is 4.11. The van der Waals surface area contributed by atoms with Crippen LogP contribution in [0.1, 0.15) is 23.6 Å². The number of nitrogens with two attached hydrogens (primary N) is 1. The predicted octanol–water partition coefficient (Wildman–Crippen LogP) is 2.96. The van der Waals surface area contributed by atoms with E-state index in [-0.39, 0.29) is 12.0 Å². The lowest BCUT2D eigenvalue weighted by Gasteiger charge is -2.20. The van der Waals surface area contributed by atoms with E-state index in [1.807, 2.05) is 42.5 Å². The minimum absolute atomic E-state index is 0.0874. The summed E-state index contributed by atoms with van der Waals surface area (Å²) < 4.78 is 15.9. The molecule has 3 rings (SSSR count). The lowest BCUT2D eigenvalue weighted by Crippen LogP contribution is -2.21. The lowest BCUT2D eigenvalue weighted by molar-refractivity contribution is 0.394. The zero-order chi connectivity index (χ0) is 17.8. The maximum atomic E-state index is 5.96. The Morgan fingerprint density at radius 2 is 1.48 bits per heavy atom. The molecule has 6 heteroatoms. The van der Waals surface area contributed by atoms with Crippen molar-refractivity contribution in [2.75, 3.05) is 21.3 Å². The average molecular weight is 339 g/mol. The minimum Gasteiger partial charge on any atom is -0.497 e. The van der Waals surface area contributed by atoms with Crippen molar-refractivity contribution in [2.24, 2.45) is 15.7 Å². The molecule has 0 radical (unpaired) electrons. The van der Waals surface area contributed by atoms with Crippen LogP contribution in [0.3, 0.4) is 0 Å². The smallest absolute Gasteiger partial charge is 0.216 e. The second-order valence-electron chi connectivity index (χ2n) is 5.64. The van der Waals surface area contributed by atoms with Crippen LogP contribution < -0.4 is 19.9 Å². The molecule has 0 bridgehead atoms. The van der Waals surface area contributed by atoms with Gasteiger partial charge in [0.05, 0.1) is 33.1 Å². The molecule has 1 heterocycles. The molecule has 2 aromatic rings. The number of methoxy groups -OCH3 is 3. The summed E-state index contributed by atoms with van der Waals surface area (Å²) in [5, 5.41) is 0. The maximum absolute atomic E-state index is 5.96. The van der Waals surface area contributed by atoms with Gasteiger partial charge in [-0.25, -0.2) is 9.98 Å². The van der Waals surface area contributed by atoms with Gasteiger partial charge in [0, 0.05) is 18.1 Å². The molecule has 1 aliphatic heterocycles. The Balaban J connectivity index is 1.92. The molecule has 0 amide bonds. The Bertz CT molecular complexity index is 791. The summed E-state index contributed by atoms with van der Waals surface area (Å²) >= 11 is 0. The van der Waals surface area contributed by atoms with E-state index in [0.717, 1.165) is 22.6 Å². The van der Waals surface area contributed by atoms with Gasteiger partial charge in [0.2, 0.25) is 5.96 Å². The van der Waals surface area contributed by atoms with Crippen molar-refractivity contribution in [1.82, 2.24) is 0 Å². The summed E-state index contributed by atoms with van der Waals surface area (Å²) in [6.07, 6.45) is 0.642. The van der Waals surface area contributed by atoms with Crippen molar-refractivity contribution in [3.63, 3.8) is 0 Å². The second kappa shape index (κ2) is 7.25. The molecule has 0 aromatic heterocycles. The fourth-order valence-electron chi connectivity index (χ4n) is 2.78. The molecule has 0 unspecified atom stereocenters. The van der Waals surface area contributed by atoms with E-state index in [1.54, 1.807) is 21.3 Å². The van der Waals surface area contributed by atoms with Gasteiger partial charge in [-0.2, -0.15) is 0 Å². The number of ether oxygens (including phenoxy) is 3. The lowest BCUT2D eigenvalue weighted by atomic mass is 9.96. The number of aliphatic imine (C=N–C) groups is 2. The molecule has 1 aliphatic rings. The molecule has 25 heavy (non-hydrogen) atoms. The fourth-order valence-corrected chi connectivity index (χ4v) is 2.78. The highest BCUT2D eigenvalue weighted by Gasteiger charge is 2.21. The third-order valence-electron chi connectivity index (χ3n) is 4.11. The van der Waals surface area contributed by atoms with E-state index in [0.29, 0.717) is 17.9 Å². The van der Waals surface area contributed by atoms with Crippen LogP contribution in [0.25, 0.3) is 0 Å². The standard InChI is InChI=1S/C19H21N3O3/c1-23-14-6-4-12(5-7-14)17-11-18(22-19(20)21-17)13-8-15(24-2)10-16(9-13)25-3/h4-10,17H,11H2,1-3H3,(H2,20,21)/t17-/m0/s1. The van der Waals surface area contributed by atoms with Gasteiger partial charge >= 0.3 is 0 Å². The first kappa shape index (κ1) is 16.8. The quantitative estimate of drug-likeness (QED) is 0.908. The van der Waals surface area contributed by atoms with Crippen LogP contribution in [-0.2, 0) is 0 Å². The second-order valence-corrected chi connectivity index (χ2v) is 5.64. The van der Waals surface area contributed by atoms with E-state index < -0.39 is 0 Å². The van der Waals surface area contributed by atoms with E-state index in [9.17, 15) is 0 Å². The summed E-state index contributed by atoms with van der Waals surface area (Å²) in [6, 6.07) is 13.4. The normalized spacial score (nSPS) is 16.7. The summed E-state index contributed by atoms with van der Waals surface area (Å²) in [5.41, 5.74) is 8.79. The van der Waals surface area contributed by atoms with Gasteiger partial charge in [-0.15, -0.1) is 0 Å². The number of benzene rings is 2. The maximum Gasteiger partial charge on any atom is 0.216 e. The number of rotatable bonds is 5. The first-order chi connectivity index (χ1) is 12.1. The summed E-state index contributed by atoms with van der Waals surface area (Å²) in [5.74, 6) is 2.49. The number of hydrogen-bond donors (Lipinski definition) is 1. The third kappa shape index (κ3) is 3.74. The van der Waals surface area contributed by atoms with Crippen molar-refractivity contribution in [3.8, 4) is 17.2 Å². The molecule has 0 saturated carbocycles. The monoisotopic (exact) mass is 339 g/mol. The van der Waals surface area contributed by atoms with Crippen LogP contribution in [-0.4, -0.2) is 33.0 Å². The van der Waals surface area contributed by atoms with E-state index in [2.05, 4.69) is 9.98 Å². The van der Waals surface area contributed by atoms with Crippen LogP contribution >= 0.6 is 0 Å². The van der Waals surface area contributed by atoms with Gasteiger partial charge in [-0.05, 0) is 29.8 Å². The Morgan fingerprint density at radius 3 is 2.04 bits per heavy atom. The summed E-state index contributed by atoms with van der Waals surface area (Å²) in [7, 11) is 4.89. The number of guanidine groups is 1. The number of nitrogens with zero attached hydrogens (tertiary/aromatic N) is 2. The van der Waals surface area contributed by atoms with Gasteiger partial charge in [0.25, 0.3) is 0 Å². The Morgan fingerprint density at radius 1 is 0.880 bits per heavy atom.